The molecule has 3 rings (SSSR count). The van der Waals surface area contributed by atoms with Gasteiger partial charge in [-0.25, -0.2) is 0 Å². The Morgan fingerprint density at radius 3 is 2.12 bits per heavy atom. The van der Waals surface area contributed by atoms with Gasteiger partial charge in [-0.05, 0) is 40.7 Å². The van der Waals surface area contributed by atoms with E-state index in [9.17, 15) is 10.3 Å². The van der Waals surface area contributed by atoms with Crippen molar-refractivity contribution in [3.8, 4) is 0 Å². The highest BCUT2D eigenvalue weighted by Crippen LogP contribution is 2.46. The normalized spacial score (nSPS) is 23.4. The highest BCUT2D eigenvalue weighted by atomic mass is 28.4. The molecule has 0 amide bonds. The Bertz CT molecular complexity index is 1120. The van der Waals surface area contributed by atoms with E-state index in [4.69, 9.17) is 23.4 Å². The monoisotopic (exact) mass is 569 g/mol. The van der Waals surface area contributed by atoms with E-state index in [1.165, 1.54) is 6.92 Å². The van der Waals surface area contributed by atoms with Gasteiger partial charge in [0.25, 0.3) is 0 Å². The quantitative estimate of drug-likeness (QED) is 0.0864. The lowest BCUT2D eigenvalue weighted by atomic mass is 9.97. The van der Waals surface area contributed by atoms with Gasteiger partial charge in [0.05, 0.1) is 19.8 Å². The van der Waals surface area contributed by atoms with Crippen LogP contribution in [0.4, 0.5) is 0 Å². The zero-order valence-corrected chi connectivity index (χ0v) is 25.7. The van der Waals surface area contributed by atoms with Crippen LogP contribution in [0.3, 0.4) is 0 Å². The molecule has 218 valence electrons. The van der Waals surface area contributed by atoms with Gasteiger partial charge in [0.15, 0.2) is 14.6 Å². The number of carbonyl (C=O) groups excluding carboxylic acids is 1. The van der Waals surface area contributed by atoms with Crippen LogP contribution >= 0.6 is 0 Å². The molecule has 0 bridgehead atoms. The Morgan fingerprint density at radius 2 is 1.60 bits per heavy atom. The number of hydrogen-bond acceptors (Lipinski definition) is 7. The second-order valence-electron chi connectivity index (χ2n) is 11.6. The first kappa shape index (κ1) is 31.8. The number of rotatable bonds is 13. The third kappa shape index (κ3) is 8.16. The molecule has 0 N–H and O–H groups in total. The summed E-state index contributed by atoms with van der Waals surface area (Å²) in [6, 6.07) is 18.6. The molecule has 1 aliphatic heterocycles. The molecule has 2 aromatic rings. The summed E-state index contributed by atoms with van der Waals surface area (Å²) in [4.78, 5) is 15.4. The minimum Gasteiger partial charge on any atom is -0.459 e. The van der Waals surface area contributed by atoms with Crippen molar-refractivity contribution in [1.82, 2.24) is 0 Å². The number of azide groups is 1. The maximum atomic E-state index is 12.3. The van der Waals surface area contributed by atoms with Gasteiger partial charge in [-0.15, -0.1) is 0 Å². The van der Waals surface area contributed by atoms with Crippen molar-refractivity contribution in [1.29, 1.82) is 0 Å². The van der Waals surface area contributed by atoms with E-state index < -0.39 is 44.9 Å². The van der Waals surface area contributed by atoms with E-state index in [0.717, 1.165) is 11.1 Å². The molecule has 1 saturated heterocycles. The van der Waals surface area contributed by atoms with Gasteiger partial charge in [0, 0.05) is 11.8 Å². The average Bonchev–Trinajstić information content (AvgIpc) is 2.90. The Kier molecular flexibility index (Phi) is 11.3. The fourth-order valence-electron chi connectivity index (χ4n) is 4.60. The molecule has 0 aromatic heterocycles. The summed E-state index contributed by atoms with van der Waals surface area (Å²) in [6.45, 7) is 15.1. The first-order valence-electron chi connectivity index (χ1n) is 13.8. The average molecular weight is 570 g/mol. The largest absolute Gasteiger partial charge is 0.459 e. The standard InChI is InChI=1S/C30H43N3O6Si/c1-21(2)30(4,5)40(6,7)39-29-26(32-33-31)28(37-22(3)34)27(36-19-24-16-12-9-13-17-24)25(38-29)20-35-18-23-14-10-8-11-15-23/h8-17,21,25-29H,18-20H2,1-7H3/t25-,26-,27+,28-,29+/m1/s1. The molecule has 0 radical (unpaired) electrons. The fourth-order valence-corrected chi connectivity index (χ4v) is 7.07. The minimum absolute atomic E-state index is 0.131. The van der Waals surface area contributed by atoms with Crippen molar-refractivity contribution < 1.29 is 28.2 Å². The summed E-state index contributed by atoms with van der Waals surface area (Å²) in [7, 11) is -2.46. The molecule has 1 aliphatic rings. The van der Waals surface area contributed by atoms with Gasteiger partial charge in [0.1, 0.15) is 24.4 Å². The van der Waals surface area contributed by atoms with E-state index in [-0.39, 0.29) is 18.3 Å². The van der Waals surface area contributed by atoms with E-state index in [1.807, 2.05) is 60.7 Å². The number of benzene rings is 2. The van der Waals surface area contributed by atoms with E-state index >= 15 is 0 Å². The molecular formula is C30H43N3O6Si. The van der Waals surface area contributed by atoms with Crippen molar-refractivity contribution in [2.75, 3.05) is 6.61 Å². The highest BCUT2D eigenvalue weighted by Gasteiger charge is 2.53. The maximum Gasteiger partial charge on any atom is 0.303 e. The highest BCUT2D eigenvalue weighted by molar-refractivity contribution is 6.74. The first-order chi connectivity index (χ1) is 19.0. The molecular weight excluding hydrogens is 526 g/mol. The van der Waals surface area contributed by atoms with Gasteiger partial charge in [-0.1, -0.05) is 93.5 Å². The summed E-state index contributed by atoms with van der Waals surface area (Å²) < 4.78 is 31.5. The molecule has 0 aliphatic carbocycles. The van der Waals surface area contributed by atoms with E-state index in [2.05, 4.69) is 50.8 Å². The van der Waals surface area contributed by atoms with Crippen LogP contribution < -0.4 is 0 Å². The summed E-state index contributed by atoms with van der Waals surface area (Å²) >= 11 is 0. The second-order valence-corrected chi connectivity index (χ2v) is 16.1. The number of carbonyl (C=O) groups is 1. The van der Waals surface area contributed by atoms with Crippen molar-refractivity contribution in [2.45, 2.75) is 96.6 Å². The topological polar surface area (TPSA) is 112 Å². The van der Waals surface area contributed by atoms with Gasteiger partial charge < -0.3 is 23.4 Å². The predicted molar refractivity (Wildman–Crippen MR) is 156 cm³/mol. The Hall–Kier alpha value is -2.72. The maximum absolute atomic E-state index is 12.3. The lowest BCUT2D eigenvalue weighted by Gasteiger charge is -2.49. The molecule has 0 spiro atoms. The first-order valence-corrected chi connectivity index (χ1v) is 16.7. The Balaban J connectivity index is 1.94. The third-order valence-electron chi connectivity index (χ3n) is 8.19. The zero-order valence-electron chi connectivity index (χ0n) is 24.7. The molecule has 2 aromatic carbocycles. The molecule has 1 heterocycles. The zero-order chi connectivity index (χ0) is 29.3. The number of esters is 1. The molecule has 5 atom stereocenters. The van der Waals surface area contributed by atoms with Crippen LogP contribution in [0, 0.1) is 5.92 Å². The van der Waals surface area contributed by atoms with Crippen molar-refractivity contribution >= 4 is 14.3 Å². The predicted octanol–water partition coefficient (Wildman–Crippen LogP) is 6.78. The lowest BCUT2D eigenvalue weighted by molar-refractivity contribution is -0.263. The number of ether oxygens (including phenoxy) is 4. The Morgan fingerprint density at radius 1 is 1.02 bits per heavy atom. The Labute approximate surface area is 238 Å². The molecule has 0 saturated carbocycles. The van der Waals surface area contributed by atoms with Crippen LogP contribution in [-0.4, -0.2) is 51.5 Å². The summed E-state index contributed by atoms with van der Waals surface area (Å²) in [5.41, 5.74) is 11.5. The molecule has 0 unspecified atom stereocenters. The van der Waals surface area contributed by atoms with Gasteiger partial charge in [0.2, 0.25) is 0 Å². The van der Waals surface area contributed by atoms with Gasteiger partial charge in [-0.3, -0.25) is 4.79 Å². The molecule has 9 nitrogen and oxygen atoms in total. The van der Waals surface area contributed by atoms with Crippen LogP contribution in [0.15, 0.2) is 65.8 Å². The third-order valence-corrected chi connectivity index (χ3v) is 12.7. The van der Waals surface area contributed by atoms with Crippen LogP contribution in [0.1, 0.15) is 45.7 Å². The summed E-state index contributed by atoms with van der Waals surface area (Å²) in [6.07, 6.45) is -3.30. The second kappa shape index (κ2) is 14.3. The number of nitrogens with zero attached hydrogens (tertiary/aromatic N) is 3. The fraction of sp³-hybridized carbons (Fsp3) is 0.567. The number of hydrogen-bond donors (Lipinski definition) is 0. The van der Waals surface area contributed by atoms with Crippen molar-refractivity contribution in [3.05, 3.63) is 82.2 Å². The molecule has 1 fully saturated rings. The SMILES string of the molecule is CC(=O)O[C@@H]1[C@@H](N=[N+]=[N-])[C@H](O[Si](C)(C)C(C)(C)C(C)C)O[C@H](COCc2ccccc2)[C@@H]1OCc1ccccc1. The van der Waals surface area contributed by atoms with E-state index in [0.29, 0.717) is 12.5 Å². The smallest absolute Gasteiger partial charge is 0.303 e. The molecule has 10 heteroatoms. The summed E-state index contributed by atoms with van der Waals surface area (Å²) in [5.74, 6) is -0.174. The van der Waals surface area contributed by atoms with Crippen molar-refractivity contribution in [2.24, 2.45) is 11.0 Å². The molecule has 40 heavy (non-hydrogen) atoms. The van der Waals surface area contributed by atoms with Crippen LogP contribution in [-0.2, 0) is 41.4 Å². The summed E-state index contributed by atoms with van der Waals surface area (Å²) in [5, 5.41) is 3.90. The van der Waals surface area contributed by atoms with Crippen LogP contribution in [0.5, 0.6) is 0 Å². The van der Waals surface area contributed by atoms with Crippen LogP contribution in [0.25, 0.3) is 10.4 Å². The van der Waals surface area contributed by atoms with Crippen molar-refractivity contribution in [3.63, 3.8) is 0 Å². The van der Waals surface area contributed by atoms with E-state index in [1.54, 1.807) is 0 Å². The van der Waals surface area contributed by atoms with Crippen LogP contribution in [0.2, 0.25) is 18.1 Å². The van der Waals surface area contributed by atoms with Gasteiger partial charge >= 0.3 is 5.97 Å². The minimum atomic E-state index is -2.46. The van der Waals surface area contributed by atoms with Gasteiger partial charge in [-0.2, -0.15) is 0 Å². The lowest BCUT2D eigenvalue weighted by Crippen LogP contribution is -2.63.